The normalized spacial score (nSPS) is 22.1. The monoisotopic (exact) mass is 341 g/mol. The molecule has 2 aromatic rings. The molecule has 3 rings (SSSR count). The van der Waals surface area contributed by atoms with E-state index in [-0.39, 0.29) is 30.3 Å². The maximum absolute atomic E-state index is 13.8. The first-order valence-electron chi connectivity index (χ1n) is 7.09. The van der Waals surface area contributed by atoms with Crippen molar-refractivity contribution in [2.75, 3.05) is 0 Å². The van der Waals surface area contributed by atoms with Crippen LogP contribution in [0.3, 0.4) is 0 Å². The van der Waals surface area contributed by atoms with Gasteiger partial charge in [0.05, 0.1) is 6.10 Å². The molecule has 0 amide bonds. The van der Waals surface area contributed by atoms with Crippen LogP contribution in [-0.4, -0.2) is 11.1 Å². The fourth-order valence-electron chi connectivity index (χ4n) is 2.91. The summed E-state index contributed by atoms with van der Waals surface area (Å²) in [6, 6.07) is 14.1. The van der Waals surface area contributed by atoms with Gasteiger partial charge in [-0.2, -0.15) is 0 Å². The molecule has 1 aliphatic rings. The van der Waals surface area contributed by atoms with Crippen molar-refractivity contribution < 1.29 is 9.50 Å². The van der Waals surface area contributed by atoms with Gasteiger partial charge < -0.3 is 10.4 Å². The van der Waals surface area contributed by atoms with Gasteiger partial charge in [-0.05, 0) is 36.6 Å². The lowest BCUT2D eigenvalue weighted by Gasteiger charge is -2.21. The lowest BCUT2D eigenvalue weighted by atomic mass is 10.0. The first-order chi connectivity index (χ1) is 10.1. The molecule has 1 aliphatic heterocycles. The first-order valence-corrected chi connectivity index (χ1v) is 7.47. The molecular formula is C17H18Cl2FNO. The van der Waals surface area contributed by atoms with Crippen LogP contribution in [0.2, 0.25) is 5.02 Å². The van der Waals surface area contributed by atoms with Gasteiger partial charge >= 0.3 is 0 Å². The van der Waals surface area contributed by atoms with Gasteiger partial charge in [0, 0.05) is 22.7 Å². The molecular weight excluding hydrogens is 324 g/mol. The van der Waals surface area contributed by atoms with Crippen molar-refractivity contribution in [3.8, 4) is 0 Å². The van der Waals surface area contributed by atoms with Gasteiger partial charge in [0.1, 0.15) is 5.82 Å². The summed E-state index contributed by atoms with van der Waals surface area (Å²) >= 11 is 5.89. The van der Waals surface area contributed by atoms with Crippen LogP contribution in [-0.2, 0) is 0 Å². The van der Waals surface area contributed by atoms with Gasteiger partial charge in [-0.25, -0.2) is 4.39 Å². The van der Waals surface area contributed by atoms with Crippen molar-refractivity contribution in [1.29, 1.82) is 0 Å². The van der Waals surface area contributed by atoms with E-state index in [1.165, 1.54) is 6.07 Å². The molecule has 1 heterocycles. The van der Waals surface area contributed by atoms with Gasteiger partial charge in [-0.15, -0.1) is 12.4 Å². The molecule has 2 N–H and O–H groups in total. The SMILES string of the molecule is Cl.O[C@@H](c1ccccc1F)[C@H]1CC[C@H](c2ccc(Cl)cc2)N1. The van der Waals surface area contributed by atoms with E-state index in [9.17, 15) is 9.50 Å². The Balaban J connectivity index is 0.00000176. The second-order valence-electron chi connectivity index (χ2n) is 5.42. The molecule has 0 saturated carbocycles. The van der Waals surface area contributed by atoms with E-state index in [1.54, 1.807) is 18.2 Å². The predicted octanol–water partition coefficient (Wildman–Crippen LogP) is 4.43. The Morgan fingerprint density at radius 2 is 1.77 bits per heavy atom. The summed E-state index contributed by atoms with van der Waals surface area (Å²) in [5.74, 6) is -0.359. The quantitative estimate of drug-likeness (QED) is 0.865. The van der Waals surface area contributed by atoms with Crippen LogP contribution in [0.25, 0.3) is 0 Å². The van der Waals surface area contributed by atoms with Crippen LogP contribution in [0, 0.1) is 5.82 Å². The molecule has 1 fully saturated rings. The van der Waals surface area contributed by atoms with Crippen molar-refractivity contribution in [3.63, 3.8) is 0 Å². The third-order valence-corrected chi connectivity index (χ3v) is 4.31. The second kappa shape index (κ2) is 7.42. The number of rotatable bonds is 3. The molecule has 2 nitrogen and oxygen atoms in total. The zero-order valence-corrected chi connectivity index (χ0v) is 13.4. The predicted molar refractivity (Wildman–Crippen MR) is 89.0 cm³/mol. The number of nitrogens with one attached hydrogen (secondary N) is 1. The Bertz CT molecular complexity index is 620. The van der Waals surface area contributed by atoms with Crippen LogP contribution < -0.4 is 5.32 Å². The summed E-state index contributed by atoms with van der Waals surface area (Å²) in [5.41, 5.74) is 1.49. The van der Waals surface area contributed by atoms with Crippen LogP contribution >= 0.6 is 24.0 Å². The largest absolute Gasteiger partial charge is 0.387 e. The summed E-state index contributed by atoms with van der Waals surface area (Å²) in [5, 5.41) is 14.5. The molecule has 0 unspecified atom stereocenters. The van der Waals surface area contributed by atoms with Gasteiger partial charge in [0.2, 0.25) is 0 Å². The Labute approximate surface area is 140 Å². The number of aliphatic hydroxyl groups excluding tert-OH is 1. The smallest absolute Gasteiger partial charge is 0.129 e. The number of hydrogen-bond donors (Lipinski definition) is 2. The fourth-order valence-corrected chi connectivity index (χ4v) is 3.04. The molecule has 0 bridgehead atoms. The third kappa shape index (κ3) is 3.61. The molecule has 2 aromatic carbocycles. The maximum atomic E-state index is 13.8. The van der Waals surface area contributed by atoms with E-state index in [0.717, 1.165) is 18.4 Å². The van der Waals surface area contributed by atoms with Gasteiger partial charge in [-0.1, -0.05) is 41.9 Å². The highest BCUT2D eigenvalue weighted by atomic mass is 35.5. The van der Waals surface area contributed by atoms with E-state index < -0.39 is 6.10 Å². The van der Waals surface area contributed by atoms with Crippen molar-refractivity contribution in [1.82, 2.24) is 5.32 Å². The minimum atomic E-state index is -0.830. The Morgan fingerprint density at radius 1 is 1.09 bits per heavy atom. The molecule has 0 radical (unpaired) electrons. The minimum Gasteiger partial charge on any atom is -0.387 e. The minimum absolute atomic E-state index is 0. The molecule has 3 atom stereocenters. The Kier molecular flexibility index (Phi) is 5.81. The van der Waals surface area contributed by atoms with Gasteiger partial charge in [-0.3, -0.25) is 0 Å². The van der Waals surface area contributed by atoms with E-state index in [0.29, 0.717) is 10.6 Å². The first kappa shape index (κ1) is 17.2. The molecule has 0 spiro atoms. The van der Waals surface area contributed by atoms with E-state index in [4.69, 9.17) is 11.6 Å². The molecule has 22 heavy (non-hydrogen) atoms. The summed E-state index contributed by atoms with van der Waals surface area (Å²) < 4.78 is 13.8. The maximum Gasteiger partial charge on any atom is 0.129 e. The molecule has 5 heteroatoms. The van der Waals surface area contributed by atoms with Crippen molar-refractivity contribution in [2.24, 2.45) is 0 Å². The second-order valence-corrected chi connectivity index (χ2v) is 5.86. The lowest BCUT2D eigenvalue weighted by molar-refractivity contribution is 0.131. The molecule has 118 valence electrons. The Hall–Kier alpha value is -1.13. The number of hydrogen-bond acceptors (Lipinski definition) is 2. The molecule has 1 saturated heterocycles. The van der Waals surface area contributed by atoms with Crippen LogP contribution in [0.1, 0.15) is 36.1 Å². The van der Waals surface area contributed by atoms with Crippen molar-refractivity contribution in [3.05, 3.63) is 70.5 Å². The number of benzene rings is 2. The third-order valence-electron chi connectivity index (χ3n) is 4.06. The van der Waals surface area contributed by atoms with Gasteiger partial charge in [0.15, 0.2) is 0 Å². The van der Waals surface area contributed by atoms with Crippen molar-refractivity contribution >= 4 is 24.0 Å². The van der Waals surface area contributed by atoms with Gasteiger partial charge in [0.25, 0.3) is 0 Å². The topological polar surface area (TPSA) is 32.3 Å². The highest BCUT2D eigenvalue weighted by Gasteiger charge is 2.31. The highest BCUT2D eigenvalue weighted by Crippen LogP contribution is 2.33. The summed E-state index contributed by atoms with van der Waals surface area (Å²) in [4.78, 5) is 0. The Morgan fingerprint density at radius 3 is 2.45 bits per heavy atom. The van der Waals surface area contributed by atoms with Crippen LogP contribution in [0.5, 0.6) is 0 Å². The highest BCUT2D eigenvalue weighted by molar-refractivity contribution is 6.30. The summed E-state index contributed by atoms with van der Waals surface area (Å²) in [6.07, 6.45) is 0.893. The summed E-state index contributed by atoms with van der Waals surface area (Å²) in [6.45, 7) is 0. The average molecular weight is 342 g/mol. The van der Waals surface area contributed by atoms with Crippen molar-refractivity contribution in [2.45, 2.75) is 31.0 Å². The van der Waals surface area contributed by atoms with Crippen LogP contribution in [0.15, 0.2) is 48.5 Å². The standard InChI is InChI=1S/C17H17ClFNO.ClH/c18-12-7-5-11(6-8-12)15-9-10-16(20-15)17(21)13-3-1-2-4-14(13)19;/h1-8,15-17,20-21H,9-10H2;1H/t15-,16-,17+;/m1./s1. The lowest BCUT2D eigenvalue weighted by Crippen LogP contribution is -2.30. The fraction of sp³-hybridized carbons (Fsp3) is 0.294. The molecule has 0 aliphatic carbocycles. The van der Waals surface area contributed by atoms with Crippen LogP contribution in [0.4, 0.5) is 4.39 Å². The zero-order chi connectivity index (χ0) is 14.8. The molecule has 0 aromatic heterocycles. The summed E-state index contributed by atoms with van der Waals surface area (Å²) in [7, 11) is 0. The number of aliphatic hydroxyl groups is 1. The zero-order valence-electron chi connectivity index (χ0n) is 11.9. The van der Waals surface area contributed by atoms with E-state index >= 15 is 0 Å². The van der Waals surface area contributed by atoms with E-state index in [1.807, 2.05) is 24.3 Å². The average Bonchev–Trinajstić information content (AvgIpc) is 2.98. The van der Waals surface area contributed by atoms with E-state index in [2.05, 4.69) is 5.32 Å². The number of halogens is 3.